The van der Waals surface area contributed by atoms with Crippen molar-refractivity contribution in [2.75, 3.05) is 13.2 Å². The zero-order chi connectivity index (χ0) is 23.5. The van der Waals surface area contributed by atoms with Crippen molar-refractivity contribution in [3.8, 4) is 11.8 Å². The van der Waals surface area contributed by atoms with E-state index in [-0.39, 0.29) is 12.2 Å². The van der Waals surface area contributed by atoms with Crippen molar-refractivity contribution in [1.29, 1.82) is 0 Å². The highest BCUT2D eigenvalue weighted by molar-refractivity contribution is 5.97. The molecule has 0 spiro atoms. The van der Waals surface area contributed by atoms with Crippen LogP contribution >= 0.6 is 0 Å². The Labute approximate surface area is 186 Å². The van der Waals surface area contributed by atoms with Gasteiger partial charge < -0.3 is 26.0 Å². The molecule has 2 amide bonds. The number of benzene rings is 2. The third kappa shape index (κ3) is 7.77. The summed E-state index contributed by atoms with van der Waals surface area (Å²) >= 11 is 0. The topological polar surface area (TPSA) is 151 Å². The number of hydrogen-bond acceptors (Lipinski definition) is 7. The van der Waals surface area contributed by atoms with Gasteiger partial charge in [0.15, 0.2) is 0 Å². The Kier molecular flexibility index (Phi) is 9.81. The second-order valence-electron chi connectivity index (χ2n) is 7.16. The van der Waals surface area contributed by atoms with Crippen LogP contribution in [0, 0.1) is 11.8 Å². The van der Waals surface area contributed by atoms with E-state index >= 15 is 0 Å². The smallest absolute Gasteiger partial charge is 0.268 e. The van der Waals surface area contributed by atoms with Crippen LogP contribution in [-0.4, -0.2) is 63.7 Å². The van der Waals surface area contributed by atoms with E-state index in [4.69, 9.17) is 10.3 Å². The molecule has 9 heteroatoms. The predicted molar refractivity (Wildman–Crippen MR) is 117 cm³/mol. The molecule has 0 saturated carbocycles. The molecule has 0 heterocycles. The Morgan fingerprint density at radius 3 is 2.03 bits per heavy atom. The third-order valence-corrected chi connectivity index (χ3v) is 4.53. The molecule has 2 rings (SSSR count). The summed E-state index contributed by atoms with van der Waals surface area (Å²) in [5, 5.41) is 41.8. The van der Waals surface area contributed by atoms with Crippen LogP contribution in [0.2, 0.25) is 0 Å². The largest absolute Gasteiger partial charge is 0.394 e. The average Bonchev–Trinajstić information content (AvgIpc) is 2.81. The second-order valence-corrected chi connectivity index (χ2v) is 7.16. The Balaban J connectivity index is 1.95. The summed E-state index contributed by atoms with van der Waals surface area (Å²) in [6, 6.07) is 12.7. The summed E-state index contributed by atoms with van der Waals surface area (Å²) in [5.41, 5.74) is 4.19. The van der Waals surface area contributed by atoms with E-state index in [2.05, 4.69) is 22.5 Å². The summed E-state index contributed by atoms with van der Waals surface area (Å²) in [7, 11) is 0. The molecule has 0 aliphatic rings. The molecule has 7 N–H and O–H groups in total. The van der Waals surface area contributed by atoms with E-state index in [1.807, 2.05) is 24.3 Å². The molecule has 32 heavy (non-hydrogen) atoms. The van der Waals surface area contributed by atoms with Gasteiger partial charge in [-0.25, -0.2) is 5.48 Å². The van der Waals surface area contributed by atoms with Crippen LogP contribution < -0.4 is 16.1 Å². The molecule has 1 unspecified atom stereocenters. The summed E-state index contributed by atoms with van der Waals surface area (Å²) in [6.07, 6.45) is -1.97. The van der Waals surface area contributed by atoms with Gasteiger partial charge in [-0.3, -0.25) is 14.8 Å². The highest BCUT2D eigenvalue weighted by atomic mass is 16.5. The summed E-state index contributed by atoms with van der Waals surface area (Å²) in [5.74, 6) is 4.54. The Morgan fingerprint density at radius 1 is 0.969 bits per heavy atom. The van der Waals surface area contributed by atoms with E-state index in [9.17, 15) is 19.8 Å². The number of carbonyl (C=O) groups is 2. The molecule has 2 aromatic rings. The molecule has 9 nitrogen and oxygen atoms in total. The lowest BCUT2D eigenvalue weighted by atomic mass is 10.1. The lowest BCUT2D eigenvalue weighted by Crippen LogP contribution is -2.51. The van der Waals surface area contributed by atoms with Crippen molar-refractivity contribution in [3.05, 3.63) is 70.8 Å². The van der Waals surface area contributed by atoms with Gasteiger partial charge in [0.05, 0.1) is 18.8 Å². The van der Waals surface area contributed by atoms with Crippen molar-refractivity contribution in [2.45, 2.75) is 31.7 Å². The van der Waals surface area contributed by atoms with Crippen molar-refractivity contribution in [1.82, 2.24) is 16.1 Å². The molecule has 0 aliphatic heterocycles. The number of aliphatic hydroxyl groups excluding tert-OH is 3. The van der Waals surface area contributed by atoms with Crippen molar-refractivity contribution >= 4 is 11.8 Å². The zero-order valence-electron chi connectivity index (χ0n) is 17.6. The monoisotopic (exact) mass is 441 g/mol. The normalized spacial score (nSPS) is 13.3. The molecule has 2 aromatic carbocycles. The predicted octanol–water partition coefficient (Wildman–Crippen LogP) is -0.486. The molecular weight excluding hydrogens is 414 g/mol. The number of nitrogens with one attached hydrogen (secondary N) is 3. The van der Waals surface area contributed by atoms with Crippen LogP contribution in [0.4, 0.5) is 0 Å². The van der Waals surface area contributed by atoms with Gasteiger partial charge in [0.2, 0.25) is 0 Å². The second kappa shape index (κ2) is 12.6. The molecule has 0 aliphatic carbocycles. The first-order valence-corrected chi connectivity index (χ1v) is 9.97. The molecule has 170 valence electrons. The van der Waals surface area contributed by atoms with Crippen LogP contribution in [0.3, 0.4) is 0 Å². The number of hydrogen-bond donors (Lipinski definition) is 7. The van der Waals surface area contributed by atoms with Gasteiger partial charge in [-0.15, -0.1) is 0 Å². The molecule has 0 fully saturated rings. The van der Waals surface area contributed by atoms with Crippen molar-refractivity contribution in [2.24, 2.45) is 0 Å². The van der Waals surface area contributed by atoms with Gasteiger partial charge in [0.1, 0.15) is 6.04 Å². The molecule has 0 radical (unpaired) electrons. The van der Waals surface area contributed by atoms with Gasteiger partial charge in [0.25, 0.3) is 11.8 Å². The van der Waals surface area contributed by atoms with Gasteiger partial charge >= 0.3 is 0 Å². The summed E-state index contributed by atoms with van der Waals surface area (Å²) in [6.45, 7) is 1.91. The zero-order valence-corrected chi connectivity index (χ0v) is 17.6. The maximum atomic E-state index is 12.3. The summed E-state index contributed by atoms with van der Waals surface area (Å²) < 4.78 is 0. The van der Waals surface area contributed by atoms with E-state index in [0.717, 1.165) is 11.1 Å². The van der Waals surface area contributed by atoms with E-state index in [0.29, 0.717) is 18.7 Å². The molecule has 0 saturated heterocycles. The van der Waals surface area contributed by atoms with E-state index in [1.54, 1.807) is 24.3 Å². The number of aliphatic hydroxyl groups is 3. The van der Waals surface area contributed by atoms with Crippen LogP contribution in [0.1, 0.15) is 34.0 Å². The fourth-order valence-corrected chi connectivity index (χ4v) is 2.70. The average molecular weight is 441 g/mol. The van der Waals surface area contributed by atoms with Gasteiger partial charge in [0, 0.05) is 29.8 Å². The highest BCUT2D eigenvalue weighted by Crippen LogP contribution is 2.07. The number of rotatable bonds is 9. The first kappa shape index (κ1) is 25.0. The standard InChI is InChI=1S/C23H27N3O6/c1-15(28)21(23(31)26-32)25-22(30)19-10-8-17(9-11-19)3-2-16-4-6-18(7-5-16)12-24-13-20(29)14-27/h4-11,15,20-21,24,27-29,32H,12-14H2,1H3,(H,25,30)(H,26,31)/t15-,20?,21+/m1/s1. The van der Waals surface area contributed by atoms with Crippen molar-refractivity contribution in [3.63, 3.8) is 0 Å². The van der Waals surface area contributed by atoms with Crippen LogP contribution in [0.5, 0.6) is 0 Å². The molecule has 3 atom stereocenters. The third-order valence-electron chi connectivity index (χ3n) is 4.53. The SMILES string of the molecule is C[C@@H](O)[C@H](NC(=O)c1ccc(C#Cc2ccc(CNCC(O)CO)cc2)cc1)C(=O)NO. The minimum Gasteiger partial charge on any atom is -0.394 e. The minimum absolute atomic E-state index is 0.273. The maximum absolute atomic E-state index is 12.3. The Hall–Kier alpha value is -3.26. The Morgan fingerprint density at radius 2 is 1.53 bits per heavy atom. The molecule has 0 aromatic heterocycles. The van der Waals surface area contributed by atoms with Crippen LogP contribution in [-0.2, 0) is 11.3 Å². The van der Waals surface area contributed by atoms with Gasteiger partial charge in [-0.1, -0.05) is 24.0 Å². The first-order chi connectivity index (χ1) is 15.3. The first-order valence-electron chi connectivity index (χ1n) is 9.97. The lowest BCUT2D eigenvalue weighted by molar-refractivity contribution is -0.133. The quantitative estimate of drug-likeness (QED) is 0.158. The lowest BCUT2D eigenvalue weighted by Gasteiger charge is -2.19. The van der Waals surface area contributed by atoms with Crippen molar-refractivity contribution < 1.29 is 30.1 Å². The van der Waals surface area contributed by atoms with Crippen LogP contribution in [0.25, 0.3) is 0 Å². The Bertz CT molecular complexity index is 948. The number of carbonyl (C=O) groups excluding carboxylic acids is 2. The molecule has 0 bridgehead atoms. The number of amides is 2. The van der Waals surface area contributed by atoms with E-state index < -0.39 is 30.1 Å². The van der Waals surface area contributed by atoms with Gasteiger partial charge in [-0.2, -0.15) is 0 Å². The van der Waals surface area contributed by atoms with Crippen LogP contribution in [0.15, 0.2) is 48.5 Å². The number of hydroxylamine groups is 1. The fraction of sp³-hybridized carbons (Fsp3) is 0.304. The highest BCUT2D eigenvalue weighted by Gasteiger charge is 2.25. The minimum atomic E-state index is -1.29. The fourth-order valence-electron chi connectivity index (χ4n) is 2.70. The summed E-state index contributed by atoms with van der Waals surface area (Å²) in [4.78, 5) is 23.8. The van der Waals surface area contributed by atoms with E-state index in [1.165, 1.54) is 12.4 Å². The maximum Gasteiger partial charge on any atom is 0.268 e. The van der Waals surface area contributed by atoms with Gasteiger partial charge in [-0.05, 0) is 48.9 Å². The molecular formula is C23H27N3O6.